The minimum absolute atomic E-state index is 0.0238. The molecule has 2 aromatic carbocycles. The van der Waals surface area contributed by atoms with Crippen LogP contribution in [0.2, 0.25) is 0 Å². The Kier molecular flexibility index (Phi) is 5.88. The molecule has 2 aromatic rings. The van der Waals surface area contributed by atoms with E-state index in [4.69, 9.17) is 5.73 Å². The van der Waals surface area contributed by atoms with Crippen LogP contribution in [0, 0.1) is 5.82 Å². The zero-order chi connectivity index (χ0) is 16.8. The molecular formula is C19H23FN2O. The third kappa shape index (κ3) is 4.89. The second-order valence-electron chi connectivity index (χ2n) is 5.95. The van der Waals surface area contributed by atoms with Crippen molar-refractivity contribution in [3.8, 4) is 0 Å². The van der Waals surface area contributed by atoms with E-state index >= 15 is 0 Å². The lowest BCUT2D eigenvalue weighted by molar-refractivity contribution is -0.122. The first kappa shape index (κ1) is 17.2. The Hall–Kier alpha value is -2.20. The summed E-state index contributed by atoms with van der Waals surface area (Å²) in [5, 5.41) is 2.95. The van der Waals surface area contributed by atoms with Gasteiger partial charge in [-0.2, -0.15) is 0 Å². The summed E-state index contributed by atoms with van der Waals surface area (Å²) in [6.45, 7) is 3.85. The Labute approximate surface area is 136 Å². The molecule has 0 heterocycles. The smallest absolute Gasteiger partial charge is 0.220 e. The summed E-state index contributed by atoms with van der Waals surface area (Å²) in [5.41, 5.74) is 8.13. The van der Waals surface area contributed by atoms with Crippen LogP contribution in [0.1, 0.15) is 43.4 Å². The molecule has 122 valence electrons. The number of rotatable bonds is 6. The molecule has 2 rings (SSSR count). The van der Waals surface area contributed by atoms with Crippen molar-refractivity contribution in [2.75, 3.05) is 0 Å². The Balaban J connectivity index is 1.89. The molecular weight excluding hydrogens is 291 g/mol. The molecule has 0 radical (unpaired) electrons. The Morgan fingerprint density at radius 3 is 2.26 bits per heavy atom. The molecule has 1 amide bonds. The van der Waals surface area contributed by atoms with Crippen LogP contribution in [0.15, 0.2) is 54.6 Å². The number of hydrogen-bond donors (Lipinski definition) is 2. The quantitative estimate of drug-likeness (QED) is 0.857. The van der Waals surface area contributed by atoms with Gasteiger partial charge >= 0.3 is 0 Å². The van der Waals surface area contributed by atoms with Crippen molar-refractivity contribution in [2.45, 2.75) is 38.3 Å². The fraction of sp³-hybridized carbons (Fsp3) is 0.316. The van der Waals surface area contributed by atoms with Crippen molar-refractivity contribution in [2.24, 2.45) is 5.73 Å². The number of carbonyl (C=O) groups is 1. The normalized spacial score (nSPS) is 14.8. The standard InChI is InChI=1S/C19H23FN2O/c1-13(15-8-10-17(20)11-9-15)12-18(23)22-14(2)19(21)16-6-4-3-5-7-16/h3-11,13-14,19H,12,21H2,1-2H3,(H,22,23). The summed E-state index contributed by atoms with van der Waals surface area (Å²) in [6.07, 6.45) is 0.345. The molecule has 3 N–H and O–H groups in total. The molecule has 0 aromatic heterocycles. The molecule has 0 saturated carbocycles. The van der Waals surface area contributed by atoms with E-state index in [9.17, 15) is 9.18 Å². The van der Waals surface area contributed by atoms with E-state index in [-0.39, 0.29) is 29.7 Å². The lowest BCUT2D eigenvalue weighted by Gasteiger charge is -2.22. The molecule has 0 aliphatic rings. The molecule has 0 aliphatic heterocycles. The molecule has 0 spiro atoms. The highest BCUT2D eigenvalue weighted by Gasteiger charge is 2.18. The topological polar surface area (TPSA) is 55.1 Å². The Morgan fingerprint density at radius 1 is 1.04 bits per heavy atom. The molecule has 23 heavy (non-hydrogen) atoms. The number of nitrogens with one attached hydrogen (secondary N) is 1. The lowest BCUT2D eigenvalue weighted by atomic mass is 9.96. The van der Waals surface area contributed by atoms with Crippen molar-refractivity contribution < 1.29 is 9.18 Å². The average Bonchev–Trinajstić information content (AvgIpc) is 2.55. The lowest BCUT2D eigenvalue weighted by Crippen LogP contribution is -2.40. The predicted octanol–water partition coefficient (Wildman–Crippen LogP) is 3.52. The summed E-state index contributed by atoms with van der Waals surface area (Å²) < 4.78 is 12.9. The minimum atomic E-state index is -0.271. The van der Waals surface area contributed by atoms with Crippen LogP contribution in [0.25, 0.3) is 0 Å². The summed E-state index contributed by atoms with van der Waals surface area (Å²) >= 11 is 0. The highest BCUT2D eigenvalue weighted by molar-refractivity contribution is 5.77. The van der Waals surface area contributed by atoms with Gasteiger partial charge in [0.15, 0.2) is 0 Å². The van der Waals surface area contributed by atoms with E-state index in [1.165, 1.54) is 12.1 Å². The van der Waals surface area contributed by atoms with Gasteiger partial charge in [-0.15, -0.1) is 0 Å². The summed E-state index contributed by atoms with van der Waals surface area (Å²) in [7, 11) is 0. The third-order valence-corrected chi connectivity index (χ3v) is 4.04. The highest BCUT2D eigenvalue weighted by Crippen LogP contribution is 2.20. The fourth-order valence-electron chi connectivity index (χ4n) is 2.55. The Bertz CT molecular complexity index is 628. The maximum atomic E-state index is 12.9. The summed E-state index contributed by atoms with van der Waals surface area (Å²) in [5.74, 6) is -0.302. The minimum Gasteiger partial charge on any atom is -0.352 e. The zero-order valence-corrected chi connectivity index (χ0v) is 13.5. The van der Waals surface area contributed by atoms with Gasteiger partial charge in [0, 0.05) is 18.5 Å². The number of amides is 1. The van der Waals surface area contributed by atoms with E-state index < -0.39 is 0 Å². The van der Waals surface area contributed by atoms with Crippen molar-refractivity contribution in [1.82, 2.24) is 5.32 Å². The van der Waals surface area contributed by atoms with Gasteiger partial charge in [-0.1, -0.05) is 49.4 Å². The van der Waals surface area contributed by atoms with Gasteiger partial charge in [0.1, 0.15) is 5.82 Å². The maximum absolute atomic E-state index is 12.9. The molecule has 3 unspecified atom stereocenters. The molecule has 0 saturated heterocycles. The summed E-state index contributed by atoms with van der Waals surface area (Å²) in [6, 6.07) is 15.5. The van der Waals surface area contributed by atoms with Crippen LogP contribution in [0.4, 0.5) is 4.39 Å². The van der Waals surface area contributed by atoms with Crippen molar-refractivity contribution in [1.29, 1.82) is 0 Å². The van der Waals surface area contributed by atoms with Crippen LogP contribution in [0.3, 0.4) is 0 Å². The monoisotopic (exact) mass is 314 g/mol. The number of nitrogens with two attached hydrogens (primary N) is 1. The second kappa shape index (κ2) is 7.88. The van der Waals surface area contributed by atoms with Crippen molar-refractivity contribution in [3.63, 3.8) is 0 Å². The predicted molar refractivity (Wildman–Crippen MR) is 90.4 cm³/mol. The molecule has 0 fully saturated rings. The number of benzene rings is 2. The molecule has 3 atom stereocenters. The SMILES string of the molecule is CC(CC(=O)NC(C)C(N)c1ccccc1)c1ccc(F)cc1. The largest absolute Gasteiger partial charge is 0.352 e. The first-order chi connectivity index (χ1) is 11.0. The van der Waals surface area contributed by atoms with Crippen LogP contribution in [0.5, 0.6) is 0 Å². The van der Waals surface area contributed by atoms with Gasteiger partial charge in [0.2, 0.25) is 5.91 Å². The first-order valence-electron chi connectivity index (χ1n) is 7.82. The molecule has 0 aliphatic carbocycles. The van der Waals surface area contributed by atoms with Gasteiger partial charge in [0.25, 0.3) is 0 Å². The number of hydrogen-bond acceptors (Lipinski definition) is 2. The van der Waals surface area contributed by atoms with Crippen molar-refractivity contribution >= 4 is 5.91 Å². The average molecular weight is 314 g/mol. The van der Waals surface area contributed by atoms with Gasteiger partial charge in [-0.05, 0) is 36.1 Å². The van der Waals surface area contributed by atoms with Crippen LogP contribution in [-0.4, -0.2) is 11.9 Å². The van der Waals surface area contributed by atoms with E-state index in [2.05, 4.69) is 5.32 Å². The van der Waals surface area contributed by atoms with Gasteiger partial charge < -0.3 is 11.1 Å². The summed E-state index contributed by atoms with van der Waals surface area (Å²) in [4.78, 5) is 12.2. The first-order valence-corrected chi connectivity index (χ1v) is 7.82. The maximum Gasteiger partial charge on any atom is 0.220 e. The van der Waals surface area contributed by atoms with Crippen molar-refractivity contribution in [3.05, 3.63) is 71.5 Å². The van der Waals surface area contributed by atoms with E-state index in [1.807, 2.05) is 44.2 Å². The van der Waals surface area contributed by atoms with E-state index in [0.29, 0.717) is 6.42 Å². The molecule has 4 heteroatoms. The van der Waals surface area contributed by atoms with Crippen LogP contribution >= 0.6 is 0 Å². The van der Waals surface area contributed by atoms with E-state index in [0.717, 1.165) is 11.1 Å². The van der Waals surface area contributed by atoms with Gasteiger partial charge in [-0.25, -0.2) is 4.39 Å². The van der Waals surface area contributed by atoms with Gasteiger partial charge in [0.05, 0.1) is 0 Å². The zero-order valence-electron chi connectivity index (χ0n) is 13.5. The molecule has 0 bridgehead atoms. The van der Waals surface area contributed by atoms with Crippen LogP contribution < -0.4 is 11.1 Å². The fourth-order valence-corrected chi connectivity index (χ4v) is 2.55. The Morgan fingerprint density at radius 2 is 1.65 bits per heavy atom. The molecule has 3 nitrogen and oxygen atoms in total. The highest BCUT2D eigenvalue weighted by atomic mass is 19.1. The van der Waals surface area contributed by atoms with Gasteiger partial charge in [-0.3, -0.25) is 4.79 Å². The second-order valence-corrected chi connectivity index (χ2v) is 5.95. The number of halogens is 1. The third-order valence-electron chi connectivity index (χ3n) is 4.04. The number of carbonyl (C=O) groups excluding carboxylic acids is 1. The van der Waals surface area contributed by atoms with Crippen LogP contribution in [-0.2, 0) is 4.79 Å². The van der Waals surface area contributed by atoms with E-state index in [1.54, 1.807) is 12.1 Å².